The Labute approximate surface area is 118 Å². The Morgan fingerprint density at radius 3 is 2.95 bits per heavy atom. The number of aryl methyl sites for hydroxylation is 2. The first-order valence-corrected chi connectivity index (χ1v) is 6.87. The molecule has 1 aromatic carbocycles. The van der Waals surface area contributed by atoms with Crippen LogP contribution in [0, 0.1) is 0 Å². The third-order valence-electron chi connectivity index (χ3n) is 2.99. The van der Waals surface area contributed by atoms with Crippen molar-refractivity contribution in [2.75, 3.05) is 11.9 Å². The molecule has 1 aromatic heterocycles. The quantitative estimate of drug-likeness (QED) is 0.750. The Hall–Kier alpha value is -2.14. The Bertz CT molecular complexity index is 621. The fourth-order valence-electron chi connectivity index (χ4n) is 2.00. The summed E-state index contributed by atoms with van der Waals surface area (Å²) in [6.45, 7) is 2.64. The molecule has 0 bridgehead atoms. The maximum atomic E-state index is 11.5. The van der Waals surface area contributed by atoms with Crippen LogP contribution < -0.4 is 16.6 Å². The summed E-state index contributed by atoms with van der Waals surface area (Å²) in [5.74, 6) is 1.25. The van der Waals surface area contributed by atoms with Crippen LogP contribution in [0.2, 0.25) is 0 Å². The molecule has 0 fully saturated rings. The molecule has 0 aliphatic carbocycles. The second-order valence-electron chi connectivity index (χ2n) is 4.65. The van der Waals surface area contributed by atoms with Crippen molar-refractivity contribution in [2.24, 2.45) is 5.73 Å². The van der Waals surface area contributed by atoms with Gasteiger partial charge in [-0.25, -0.2) is 4.98 Å². The molecule has 0 saturated carbocycles. The Morgan fingerprint density at radius 1 is 1.35 bits per heavy atom. The molecule has 0 aliphatic heterocycles. The summed E-state index contributed by atoms with van der Waals surface area (Å²) in [7, 11) is 0. The third-order valence-corrected chi connectivity index (χ3v) is 2.99. The molecule has 0 radical (unpaired) electrons. The molecular formula is C15H20N4O. The molecule has 20 heavy (non-hydrogen) atoms. The molecule has 5 heteroatoms. The van der Waals surface area contributed by atoms with Crippen molar-refractivity contribution in [3.63, 3.8) is 0 Å². The van der Waals surface area contributed by atoms with E-state index < -0.39 is 0 Å². The predicted molar refractivity (Wildman–Crippen MR) is 81.3 cm³/mol. The van der Waals surface area contributed by atoms with Crippen molar-refractivity contribution in [2.45, 2.75) is 26.2 Å². The van der Waals surface area contributed by atoms with Gasteiger partial charge in [-0.1, -0.05) is 19.1 Å². The maximum Gasteiger partial charge on any atom is 0.252 e. The number of nitrogens with one attached hydrogen (secondary N) is 2. The van der Waals surface area contributed by atoms with E-state index in [9.17, 15) is 4.79 Å². The molecule has 4 N–H and O–H groups in total. The predicted octanol–water partition coefficient (Wildman–Crippen LogP) is 1.97. The lowest BCUT2D eigenvalue weighted by molar-refractivity contribution is 0.833. The van der Waals surface area contributed by atoms with Gasteiger partial charge in [0.2, 0.25) is 0 Å². The summed E-state index contributed by atoms with van der Waals surface area (Å²) in [5.41, 5.74) is 7.54. The molecule has 0 amide bonds. The first-order chi connectivity index (χ1) is 9.71. The van der Waals surface area contributed by atoms with Crippen LogP contribution in [0.5, 0.6) is 0 Å². The van der Waals surface area contributed by atoms with Gasteiger partial charge in [-0.2, -0.15) is 0 Å². The van der Waals surface area contributed by atoms with Crippen LogP contribution in [0.15, 0.2) is 35.1 Å². The molecule has 2 rings (SSSR count). The molecule has 2 aromatic rings. The lowest BCUT2D eigenvalue weighted by atomic mass is 10.1. The van der Waals surface area contributed by atoms with Crippen LogP contribution in [0.25, 0.3) is 0 Å². The SMILES string of the molecule is CCc1nc(Nc2cccc(CCCN)c2)cc(=O)[nH]1. The summed E-state index contributed by atoms with van der Waals surface area (Å²) in [6, 6.07) is 9.54. The number of hydrogen-bond acceptors (Lipinski definition) is 4. The van der Waals surface area contributed by atoms with Crippen molar-refractivity contribution in [1.82, 2.24) is 9.97 Å². The summed E-state index contributed by atoms with van der Waals surface area (Å²) < 4.78 is 0. The molecule has 5 nitrogen and oxygen atoms in total. The lowest BCUT2D eigenvalue weighted by Gasteiger charge is -2.08. The van der Waals surface area contributed by atoms with Gasteiger partial charge in [0.05, 0.1) is 0 Å². The molecule has 106 valence electrons. The smallest absolute Gasteiger partial charge is 0.252 e. The molecule has 0 saturated heterocycles. The van der Waals surface area contributed by atoms with Gasteiger partial charge in [0.25, 0.3) is 5.56 Å². The minimum absolute atomic E-state index is 0.140. The van der Waals surface area contributed by atoms with E-state index in [1.54, 1.807) is 0 Å². The van der Waals surface area contributed by atoms with Gasteiger partial charge in [-0.05, 0) is 37.1 Å². The highest BCUT2D eigenvalue weighted by atomic mass is 16.1. The second-order valence-corrected chi connectivity index (χ2v) is 4.65. The largest absolute Gasteiger partial charge is 0.340 e. The van der Waals surface area contributed by atoms with Crippen molar-refractivity contribution in [1.29, 1.82) is 0 Å². The molecule has 1 heterocycles. The first kappa shape index (κ1) is 14.3. The zero-order valence-electron chi connectivity index (χ0n) is 11.6. The van der Waals surface area contributed by atoms with Gasteiger partial charge in [0.1, 0.15) is 11.6 Å². The van der Waals surface area contributed by atoms with Gasteiger partial charge in [-0.3, -0.25) is 4.79 Å². The van der Waals surface area contributed by atoms with E-state index in [1.165, 1.54) is 11.6 Å². The van der Waals surface area contributed by atoms with E-state index in [1.807, 2.05) is 19.1 Å². The highest BCUT2D eigenvalue weighted by Gasteiger charge is 2.01. The van der Waals surface area contributed by atoms with Crippen LogP contribution >= 0.6 is 0 Å². The molecular weight excluding hydrogens is 252 g/mol. The lowest BCUT2D eigenvalue weighted by Crippen LogP contribution is -2.11. The van der Waals surface area contributed by atoms with Gasteiger partial charge in [0.15, 0.2) is 0 Å². The van der Waals surface area contributed by atoms with E-state index in [0.29, 0.717) is 24.6 Å². The van der Waals surface area contributed by atoms with Gasteiger partial charge in [-0.15, -0.1) is 0 Å². The zero-order chi connectivity index (χ0) is 14.4. The number of aromatic nitrogens is 2. The normalized spacial score (nSPS) is 10.5. The van der Waals surface area contributed by atoms with E-state index in [4.69, 9.17) is 5.73 Å². The summed E-state index contributed by atoms with van der Waals surface area (Å²) in [5, 5.41) is 3.17. The van der Waals surface area contributed by atoms with Gasteiger partial charge in [0, 0.05) is 18.2 Å². The maximum absolute atomic E-state index is 11.5. The third kappa shape index (κ3) is 3.93. The van der Waals surface area contributed by atoms with Crippen molar-refractivity contribution in [3.05, 3.63) is 52.1 Å². The van der Waals surface area contributed by atoms with Crippen molar-refractivity contribution in [3.8, 4) is 0 Å². The number of benzene rings is 1. The minimum Gasteiger partial charge on any atom is -0.340 e. The fourth-order valence-corrected chi connectivity index (χ4v) is 2.00. The molecule has 0 aliphatic rings. The van der Waals surface area contributed by atoms with Crippen LogP contribution in [0.1, 0.15) is 24.7 Å². The second kappa shape index (κ2) is 6.86. The average molecular weight is 272 g/mol. The van der Waals surface area contributed by atoms with E-state index in [0.717, 1.165) is 18.5 Å². The number of nitrogens with two attached hydrogens (primary N) is 1. The Morgan fingerprint density at radius 2 is 2.20 bits per heavy atom. The van der Waals surface area contributed by atoms with E-state index in [-0.39, 0.29) is 5.56 Å². The summed E-state index contributed by atoms with van der Waals surface area (Å²) in [6.07, 6.45) is 2.61. The summed E-state index contributed by atoms with van der Waals surface area (Å²) >= 11 is 0. The van der Waals surface area contributed by atoms with Crippen LogP contribution in [0.4, 0.5) is 11.5 Å². The van der Waals surface area contributed by atoms with Crippen LogP contribution in [-0.2, 0) is 12.8 Å². The Kier molecular flexibility index (Phi) is 4.90. The molecule has 0 spiro atoms. The standard InChI is InChI=1S/C15H20N4O/c1-2-13-18-14(10-15(20)19-13)17-12-7-3-5-11(9-12)6-4-8-16/h3,5,7,9-10H,2,4,6,8,16H2,1H3,(H2,17,18,19,20). The highest BCUT2D eigenvalue weighted by Crippen LogP contribution is 2.16. The monoisotopic (exact) mass is 272 g/mol. The van der Waals surface area contributed by atoms with Crippen molar-refractivity contribution >= 4 is 11.5 Å². The van der Waals surface area contributed by atoms with Gasteiger partial charge >= 0.3 is 0 Å². The Balaban J connectivity index is 2.17. The number of rotatable bonds is 6. The number of aromatic amines is 1. The minimum atomic E-state index is -0.140. The average Bonchev–Trinajstić information content (AvgIpc) is 2.45. The molecule has 0 atom stereocenters. The van der Waals surface area contributed by atoms with Gasteiger partial charge < -0.3 is 16.0 Å². The molecule has 0 unspecified atom stereocenters. The number of H-pyrrole nitrogens is 1. The zero-order valence-corrected chi connectivity index (χ0v) is 11.6. The van der Waals surface area contributed by atoms with E-state index >= 15 is 0 Å². The van der Waals surface area contributed by atoms with Crippen molar-refractivity contribution < 1.29 is 0 Å². The number of nitrogens with zero attached hydrogens (tertiary/aromatic N) is 1. The number of hydrogen-bond donors (Lipinski definition) is 3. The fraction of sp³-hybridized carbons (Fsp3) is 0.333. The highest BCUT2D eigenvalue weighted by molar-refractivity contribution is 5.56. The number of anilines is 2. The topological polar surface area (TPSA) is 83.8 Å². The van der Waals surface area contributed by atoms with Crippen LogP contribution in [-0.4, -0.2) is 16.5 Å². The van der Waals surface area contributed by atoms with Crippen LogP contribution in [0.3, 0.4) is 0 Å². The first-order valence-electron chi connectivity index (χ1n) is 6.87. The summed E-state index contributed by atoms with van der Waals surface area (Å²) in [4.78, 5) is 18.6. The van der Waals surface area contributed by atoms with E-state index in [2.05, 4.69) is 27.4 Å².